The monoisotopic (exact) mass is 202 g/mol. The van der Waals surface area contributed by atoms with Crippen molar-refractivity contribution in [3.8, 4) is 0 Å². The molecule has 1 aliphatic carbocycles. The van der Waals surface area contributed by atoms with E-state index in [-0.39, 0.29) is 18.3 Å². The Balaban J connectivity index is 2.46. The molecular formula is C11H22O3. The summed E-state index contributed by atoms with van der Waals surface area (Å²) in [6.45, 7) is 5.21. The van der Waals surface area contributed by atoms with E-state index in [1.807, 2.05) is 13.8 Å². The van der Waals surface area contributed by atoms with Crippen LogP contribution in [-0.2, 0) is 9.47 Å². The lowest BCUT2D eigenvalue weighted by atomic mass is 9.86. The molecule has 2 unspecified atom stereocenters. The van der Waals surface area contributed by atoms with Gasteiger partial charge in [0.15, 0.2) is 6.29 Å². The second kappa shape index (κ2) is 6.38. The number of aliphatic hydroxyl groups excluding tert-OH is 1. The average Bonchev–Trinajstić information content (AvgIpc) is 2.18. The fourth-order valence-electron chi connectivity index (χ4n) is 2.08. The zero-order valence-electron chi connectivity index (χ0n) is 9.24. The van der Waals surface area contributed by atoms with E-state index in [9.17, 15) is 5.11 Å². The molecule has 1 saturated carbocycles. The zero-order chi connectivity index (χ0) is 10.4. The summed E-state index contributed by atoms with van der Waals surface area (Å²) >= 11 is 0. The van der Waals surface area contributed by atoms with E-state index < -0.39 is 0 Å². The molecule has 1 aliphatic rings. The van der Waals surface area contributed by atoms with Gasteiger partial charge in [0, 0.05) is 19.1 Å². The van der Waals surface area contributed by atoms with Gasteiger partial charge in [-0.2, -0.15) is 0 Å². The van der Waals surface area contributed by atoms with Crippen molar-refractivity contribution in [1.82, 2.24) is 0 Å². The van der Waals surface area contributed by atoms with E-state index in [4.69, 9.17) is 9.47 Å². The van der Waals surface area contributed by atoms with E-state index in [1.165, 1.54) is 6.42 Å². The molecule has 14 heavy (non-hydrogen) atoms. The minimum atomic E-state index is -0.244. The molecule has 2 atom stereocenters. The number of aliphatic hydroxyl groups is 1. The fraction of sp³-hybridized carbons (Fsp3) is 1.00. The molecule has 1 rings (SSSR count). The summed E-state index contributed by atoms with van der Waals surface area (Å²) in [7, 11) is 0. The lowest BCUT2D eigenvalue weighted by Crippen LogP contribution is -2.38. The lowest BCUT2D eigenvalue weighted by molar-refractivity contribution is -0.192. The third kappa shape index (κ3) is 3.23. The molecule has 84 valence electrons. The van der Waals surface area contributed by atoms with Crippen LogP contribution in [0.25, 0.3) is 0 Å². The SMILES string of the molecule is CCOC(OCC)C1CCCCC1O. The number of hydrogen-bond donors (Lipinski definition) is 1. The van der Waals surface area contributed by atoms with Crippen LogP contribution in [-0.4, -0.2) is 30.7 Å². The van der Waals surface area contributed by atoms with Gasteiger partial charge in [-0.3, -0.25) is 0 Å². The van der Waals surface area contributed by atoms with Gasteiger partial charge in [0.1, 0.15) is 0 Å². The van der Waals surface area contributed by atoms with Crippen molar-refractivity contribution < 1.29 is 14.6 Å². The number of rotatable bonds is 5. The first kappa shape index (κ1) is 12.0. The van der Waals surface area contributed by atoms with Gasteiger partial charge >= 0.3 is 0 Å². The highest BCUT2D eigenvalue weighted by Crippen LogP contribution is 2.29. The van der Waals surface area contributed by atoms with Crippen LogP contribution in [0, 0.1) is 5.92 Å². The molecule has 0 aromatic rings. The Bertz CT molecular complexity index is 143. The van der Waals surface area contributed by atoms with Gasteiger partial charge in [0.2, 0.25) is 0 Å². The minimum Gasteiger partial charge on any atom is -0.393 e. The summed E-state index contributed by atoms with van der Waals surface area (Å²) in [4.78, 5) is 0. The third-order valence-corrected chi connectivity index (χ3v) is 2.79. The summed E-state index contributed by atoms with van der Waals surface area (Å²) in [6, 6.07) is 0. The van der Waals surface area contributed by atoms with Gasteiger partial charge in [-0.05, 0) is 26.7 Å². The van der Waals surface area contributed by atoms with Crippen LogP contribution in [0.4, 0.5) is 0 Å². The van der Waals surface area contributed by atoms with Crippen LogP contribution >= 0.6 is 0 Å². The zero-order valence-corrected chi connectivity index (χ0v) is 9.24. The predicted octanol–water partition coefficient (Wildman–Crippen LogP) is 1.94. The fourth-order valence-corrected chi connectivity index (χ4v) is 2.08. The Hall–Kier alpha value is -0.120. The van der Waals surface area contributed by atoms with Gasteiger partial charge in [0.25, 0.3) is 0 Å². The van der Waals surface area contributed by atoms with Gasteiger partial charge in [0.05, 0.1) is 6.10 Å². The maximum Gasteiger partial charge on any atom is 0.162 e. The van der Waals surface area contributed by atoms with Gasteiger partial charge in [-0.15, -0.1) is 0 Å². The molecule has 0 saturated heterocycles. The van der Waals surface area contributed by atoms with Gasteiger partial charge in [-0.25, -0.2) is 0 Å². The van der Waals surface area contributed by atoms with E-state index in [1.54, 1.807) is 0 Å². The minimum absolute atomic E-state index is 0.170. The average molecular weight is 202 g/mol. The second-order valence-corrected chi connectivity index (χ2v) is 3.79. The van der Waals surface area contributed by atoms with Crippen molar-refractivity contribution >= 4 is 0 Å². The van der Waals surface area contributed by atoms with Crippen LogP contribution in [0.3, 0.4) is 0 Å². The van der Waals surface area contributed by atoms with Crippen molar-refractivity contribution in [1.29, 1.82) is 0 Å². The van der Waals surface area contributed by atoms with Gasteiger partial charge in [-0.1, -0.05) is 12.8 Å². The van der Waals surface area contributed by atoms with E-state index >= 15 is 0 Å². The topological polar surface area (TPSA) is 38.7 Å². The first-order valence-electron chi connectivity index (χ1n) is 5.70. The molecular weight excluding hydrogens is 180 g/mol. The van der Waals surface area contributed by atoms with Gasteiger partial charge < -0.3 is 14.6 Å². The highest BCUT2D eigenvalue weighted by Gasteiger charge is 2.31. The summed E-state index contributed by atoms with van der Waals surface area (Å²) in [5.74, 6) is 0.170. The van der Waals surface area contributed by atoms with E-state index in [0.717, 1.165) is 19.3 Å². The van der Waals surface area contributed by atoms with Crippen molar-refractivity contribution in [3.63, 3.8) is 0 Å². The molecule has 0 aromatic heterocycles. The highest BCUT2D eigenvalue weighted by molar-refractivity contribution is 4.77. The summed E-state index contributed by atoms with van der Waals surface area (Å²) < 4.78 is 11.0. The molecule has 0 heterocycles. The summed E-state index contributed by atoms with van der Waals surface area (Å²) in [5.41, 5.74) is 0. The third-order valence-electron chi connectivity index (χ3n) is 2.79. The molecule has 0 bridgehead atoms. The Kier molecular flexibility index (Phi) is 5.45. The van der Waals surface area contributed by atoms with Crippen LogP contribution in [0.2, 0.25) is 0 Å². The first-order chi connectivity index (χ1) is 6.79. The summed E-state index contributed by atoms with van der Waals surface area (Å²) in [6.07, 6.45) is 3.76. The second-order valence-electron chi connectivity index (χ2n) is 3.79. The molecule has 1 N–H and O–H groups in total. The standard InChI is InChI=1S/C11H22O3/c1-3-13-11(14-4-2)9-7-5-6-8-10(9)12/h9-12H,3-8H2,1-2H3. The molecule has 0 aliphatic heterocycles. The Labute approximate surface area is 86.4 Å². The predicted molar refractivity (Wildman–Crippen MR) is 55.0 cm³/mol. The van der Waals surface area contributed by atoms with Crippen molar-refractivity contribution in [2.24, 2.45) is 5.92 Å². The van der Waals surface area contributed by atoms with Crippen molar-refractivity contribution in [2.45, 2.75) is 51.9 Å². The molecule has 1 fully saturated rings. The quantitative estimate of drug-likeness (QED) is 0.692. The molecule has 3 nitrogen and oxygen atoms in total. The first-order valence-corrected chi connectivity index (χ1v) is 5.70. The normalized spacial score (nSPS) is 28.3. The Morgan fingerprint density at radius 1 is 1.14 bits per heavy atom. The largest absolute Gasteiger partial charge is 0.393 e. The van der Waals surface area contributed by atoms with Crippen LogP contribution in [0.1, 0.15) is 39.5 Å². The highest BCUT2D eigenvalue weighted by atomic mass is 16.7. The van der Waals surface area contributed by atoms with E-state index in [0.29, 0.717) is 13.2 Å². The van der Waals surface area contributed by atoms with Crippen molar-refractivity contribution in [3.05, 3.63) is 0 Å². The summed E-state index contributed by atoms with van der Waals surface area (Å²) in [5, 5.41) is 9.83. The Morgan fingerprint density at radius 3 is 2.21 bits per heavy atom. The number of ether oxygens (including phenoxy) is 2. The lowest BCUT2D eigenvalue weighted by Gasteiger charge is -2.33. The molecule has 0 amide bonds. The van der Waals surface area contributed by atoms with Crippen LogP contribution < -0.4 is 0 Å². The molecule has 0 spiro atoms. The van der Waals surface area contributed by atoms with Crippen LogP contribution in [0.15, 0.2) is 0 Å². The van der Waals surface area contributed by atoms with Crippen molar-refractivity contribution in [2.75, 3.05) is 13.2 Å². The smallest absolute Gasteiger partial charge is 0.162 e. The molecule has 3 heteroatoms. The molecule has 0 radical (unpaired) electrons. The Morgan fingerprint density at radius 2 is 1.71 bits per heavy atom. The van der Waals surface area contributed by atoms with E-state index in [2.05, 4.69) is 0 Å². The van der Waals surface area contributed by atoms with Crippen LogP contribution in [0.5, 0.6) is 0 Å². The maximum atomic E-state index is 9.83. The number of hydrogen-bond acceptors (Lipinski definition) is 3. The maximum absolute atomic E-state index is 9.83. The molecule has 0 aromatic carbocycles.